The average Bonchev–Trinajstić information content (AvgIpc) is 3.33. The predicted molar refractivity (Wildman–Crippen MR) is 155 cm³/mol. The number of hydrogen-bond donors (Lipinski definition) is 4. The minimum Gasteiger partial charge on any atom is -0.466 e. The molecule has 3 aromatic carbocycles. The number of aromatic nitrogens is 2. The lowest BCUT2D eigenvalue weighted by Crippen LogP contribution is -2.33. The Morgan fingerprint density at radius 2 is 1.79 bits per heavy atom. The second-order valence-corrected chi connectivity index (χ2v) is 10.4. The molecule has 10 nitrogen and oxygen atoms in total. The van der Waals surface area contributed by atoms with Crippen LogP contribution >= 0.6 is 12.4 Å². The molecule has 39 heavy (non-hydrogen) atoms. The van der Waals surface area contributed by atoms with Gasteiger partial charge in [-0.25, -0.2) is 13.4 Å². The third-order valence-corrected chi connectivity index (χ3v) is 7.97. The predicted octanol–water partition coefficient (Wildman–Crippen LogP) is 4.34. The van der Waals surface area contributed by atoms with Crippen LogP contribution in [0.4, 0.5) is 11.4 Å². The Labute approximate surface area is 233 Å². The van der Waals surface area contributed by atoms with E-state index in [1.54, 1.807) is 68.4 Å². The first kappa shape index (κ1) is 29.5. The summed E-state index contributed by atoms with van der Waals surface area (Å²) in [5.74, 6) is 0.175. The maximum atomic E-state index is 13.9. The molecule has 0 radical (unpaired) electrons. The van der Waals surface area contributed by atoms with Crippen molar-refractivity contribution in [1.29, 1.82) is 5.41 Å². The first-order valence-electron chi connectivity index (χ1n) is 12.1. The van der Waals surface area contributed by atoms with Crippen molar-refractivity contribution in [3.8, 4) is 0 Å². The Hall–Kier alpha value is -4.09. The smallest absolute Gasteiger partial charge is 0.307 e. The maximum absolute atomic E-state index is 13.9. The standard InChI is InChI=1S/C27H30N6O4S.ClH/c1-3-37-25(34)15-16-33(21-7-5-4-6-8-21)38(35,36)23-14-13-22-26(18(23)2)32-24(31-22)17-30-20-11-9-19(10-12-20)27(28)29;/h4-14,30H,3,15-17H2,1-2H3,(H3,28,29)(H,31,32);1H. The Morgan fingerprint density at radius 1 is 1.10 bits per heavy atom. The van der Waals surface area contributed by atoms with Crippen molar-refractivity contribution in [2.45, 2.75) is 31.7 Å². The Bertz CT molecular complexity index is 1560. The van der Waals surface area contributed by atoms with Crippen LogP contribution in [0.1, 0.15) is 30.3 Å². The van der Waals surface area contributed by atoms with Gasteiger partial charge in [-0.3, -0.25) is 14.5 Å². The van der Waals surface area contributed by atoms with Crippen molar-refractivity contribution in [3.63, 3.8) is 0 Å². The number of benzene rings is 3. The van der Waals surface area contributed by atoms with Gasteiger partial charge in [-0.15, -0.1) is 12.4 Å². The molecular weight excluding hydrogens is 540 g/mol. The lowest BCUT2D eigenvalue weighted by atomic mass is 10.2. The molecule has 0 spiro atoms. The van der Waals surface area contributed by atoms with Gasteiger partial charge in [0.15, 0.2) is 0 Å². The minimum atomic E-state index is -4.02. The topological polar surface area (TPSA) is 154 Å². The summed E-state index contributed by atoms with van der Waals surface area (Å²) in [6, 6.07) is 19.1. The van der Waals surface area contributed by atoms with Crippen LogP contribution in [-0.2, 0) is 26.1 Å². The van der Waals surface area contributed by atoms with Crippen LogP contribution in [0.3, 0.4) is 0 Å². The fourth-order valence-electron chi connectivity index (χ4n) is 4.09. The van der Waals surface area contributed by atoms with Gasteiger partial charge in [0, 0.05) is 17.8 Å². The number of imidazole rings is 1. The van der Waals surface area contributed by atoms with Gasteiger partial charge in [0.1, 0.15) is 11.7 Å². The summed E-state index contributed by atoms with van der Waals surface area (Å²) < 4.78 is 34.0. The number of nitrogens with zero attached hydrogens (tertiary/aromatic N) is 2. The molecular formula is C27H31ClN6O4S. The van der Waals surface area contributed by atoms with E-state index in [0.717, 1.165) is 5.69 Å². The molecule has 0 aliphatic heterocycles. The third-order valence-electron chi connectivity index (χ3n) is 6.00. The van der Waals surface area contributed by atoms with Gasteiger partial charge in [-0.1, -0.05) is 18.2 Å². The second-order valence-electron chi connectivity index (χ2n) is 8.58. The molecule has 4 aromatic rings. The number of fused-ring (bicyclic) bond motifs is 1. The van der Waals surface area contributed by atoms with Crippen molar-refractivity contribution in [1.82, 2.24) is 9.97 Å². The molecule has 0 unspecified atom stereocenters. The monoisotopic (exact) mass is 570 g/mol. The fraction of sp³-hybridized carbons (Fsp3) is 0.222. The number of carbonyl (C=O) groups excluding carboxylic acids is 1. The molecule has 1 heterocycles. The van der Waals surface area contributed by atoms with Crippen LogP contribution in [0.15, 0.2) is 71.6 Å². The average molecular weight is 571 g/mol. The minimum absolute atomic E-state index is 0. The van der Waals surface area contributed by atoms with Gasteiger partial charge in [0.2, 0.25) is 0 Å². The summed E-state index contributed by atoms with van der Waals surface area (Å²) >= 11 is 0. The first-order chi connectivity index (χ1) is 18.2. The molecule has 0 saturated carbocycles. The summed E-state index contributed by atoms with van der Waals surface area (Å²) in [5, 5.41) is 10.8. The molecule has 0 bridgehead atoms. The van der Waals surface area contributed by atoms with Crippen LogP contribution in [0, 0.1) is 12.3 Å². The molecule has 1 aromatic heterocycles. The second kappa shape index (κ2) is 12.6. The molecule has 0 saturated heterocycles. The summed E-state index contributed by atoms with van der Waals surface area (Å²) in [5.41, 5.74) is 9.19. The molecule has 12 heteroatoms. The fourth-order valence-corrected chi connectivity index (χ4v) is 5.78. The molecule has 0 aliphatic carbocycles. The van der Waals surface area contributed by atoms with Crippen LogP contribution < -0.4 is 15.4 Å². The van der Waals surface area contributed by atoms with Crippen LogP contribution in [0.5, 0.6) is 0 Å². The van der Waals surface area contributed by atoms with E-state index in [9.17, 15) is 13.2 Å². The quantitative estimate of drug-likeness (QED) is 0.119. The molecule has 0 aliphatic rings. The van der Waals surface area contributed by atoms with Crippen molar-refractivity contribution in [3.05, 3.63) is 83.7 Å². The SMILES string of the molecule is CCOC(=O)CCN(c1ccccc1)S(=O)(=O)c1ccc2[nH]c(CNc3ccc(C(=N)N)cc3)nc2c1C.Cl. The number of nitrogens with two attached hydrogens (primary N) is 1. The highest BCUT2D eigenvalue weighted by Gasteiger charge is 2.28. The number of carbonyl (C=O) groups is 1. The van der Waals surface area contributed by atoms with Crippen LogP contribution in [0.25, 0.3) is 11.0 Å². The van der Waals surface area contributed by atoms with E-state index in [1.807, 2.05) is 12.1 Å². The zero-order chi connectivity index (χ0) is 27.3. The Morgan fingerprint density at radius 3 is 2.44 bits per heavy atom. The number of para-hydroxylation sites is 1. The van der Waals surface area contributed by atoms with E-state index in [1.165, 1.54) is 4.31 Å². The lowest BCUT2D eigenvalue weighted by Gasteiger charge is -2.25. The number of hydrogen-bond acceptors (Lipinski definition) is 7. The zero-order valence-electron chi connectivity index (χ0n) is 21.6. The van der Waals surface area contributed by atoms with E-state index < -0.39 is 16.0 Å². The van der Waals surface area contributed by atoms with Crippen LogP contribution in [0.2, 0.25) is 0 Å². The molecule has 0 amide bonds. The number of rotatable bonds is 11. The summed E-state index contributed by atoms with van der Waals surface area (Å²) in [6.45, 7) is 3.99. The molecule has 0 fully saturated rings. The number of ether oxygens (including phenoxy) is 1. The number of amidine groups is 1. The first-order valence-corrected chi connectivity index (χ1v) is 13.5. The molecule has 0 atom stereocenters. The zero-order valence-corrected chi connectivity index (χ0v) is 23.2. The van der Waals surface area contributed by atoms with Gasteiger partial charge < -0.3 is 20.8 Å². The molecule has 5 N–H and O–H groups in total. The number of aryl methyl sites for hydroxylation is 1. The van der Waals surface area contributed by atoms with Crippen molar-refractivity contribution >= 4 is 56.6 Å². The number of nitrogen functional groups attached to an aromatic ring is 1. The number of anilines is 2. The lowest BCUT2D eigenvalue weighted by molar-refractivity contribution is -0.142. The van der Waals surface area contributed by atoms with E-state index in [0.29, 0.717) is 40.2 Å². The highest BCUT2D eigenvalue weighted by Crippen LogP contribution is 2.29. The number of H-pyrrole nitrogens is 1. The van der Waals surface area contributed by atoms with Crippen molar-refractivity contribution in [2.24, 2.45) is 5.73 Å². The highest BCUT2D eigenvalue weighted by atomic mass is 35.5. The highest BCUT2D eigenvalue weighted by molar-refractivity contribution is 7.92. The molecule has 4 rings (SSSR count). The number of esters is 1. The van der Waals surface area contributed by atoms with Crippen LogP contribution in [-0.4, -0.2) is 43.3 Å². The normalized spacial score (nSPS) is 11.0. The molecule has 206 valence electrons. The van der Waals surface area contributed by atoms with E-state index in [2.05, 4.69) is 15.3 Å². The summed E-state index contributed by atoms with van der Waals surface area (Å²) in [6.07, 6.45) is -0.0745. The van der Waals surface area contributed by atoms with E-state index >= 15 is 0 Å². The Kier molecular flexibility index (Phi) is 9.55. The maximum Gasteiger partial charge on any atom is 0.307 e. The third kappa shape index (κ3) is 6.68. The number of aromatic amines is 1. The van der Waals surface area contributed by atoms with E-state index in [4.69, 9.17) is 15.9 Å². The van der Waals surface area contributed by atoms with Gasteiger partial charge in [-0.05, 0) is 67.9 Å². The van der Waals surface area contributed by atoms with Crippen molar-refractivity contribution in [2.75, 3.05) is 22.8 Å². The Balaban J connectivity index is 0.00000420. The summed E-state index contributed by atoms with van der Waals surface area (Å²) in [7, 11) is -4.02. The van der Waals surface area contributed by atoms with Gasteiger partial charge >= 0.3 is 5.97 Å². The van der Waals surface area contributed by atoms with Gasteiger partial charge in [0.25, 0.3) is 10.0 Å². The van der Waals surface area contributed by atoms with Gasteiger partial charge in [-0.2, -0.15) is 0 Å². The number of sulfonamides is 1. The van der Waals surface area contributed by atoms with Gasteiger partial charge in [0.05, 0.1) is 41.2 Å². The van der Waals surface area contributed by atoms with Crippen molar-refractivity contribution < 1.29 is 17.9 Å². The number of nitrogens with one attached hydrogen (secondary N) is 3. The largest absolute Gasteiger partial charge is 0.466 e. The van der Waals surface area contributed by atoms with E-state index in [-0.39, 0.29) is 42.7 Å². The summed E-state index contributed by atoms with van der Waals surface area (Å²) in [4.78, 5) is 20.0. The number of halogens is 1.